The molecule has 0 heterocycles. The van der Waals surface area contributed by atoms with Crippen molar-refractivity contribution in [3.63, 3.8) is 0 Å². The van der Waals surface area contributed by atoms with Crippen molar-refractivity contribution < 1.29 is 19.1 Å². The van der Waals surface area contributed by atoms with E-state index in [0.29, 0.717) is 0 Å². The minimum atomic E-state index is -3.45. The van der Waals surface area contributed by atoms with Gasteiger partial charge in [-0.05, 0) is 12.8 Å². The van der Waals surface area contributed by atoms with Crippen LogP contribution in [-0.2, 0) is 9.09 Å². The molecule has 0 aromatic heterocycles. The predicted octanol–water partition coefficient (Wildman–Crippen LogP) is 6.07. The Hall–Kier alpha value is -0.150. The van der Waals surface area contributed by atoms with Crippen LogP contribution >= 0.6 is 7.60 Å². The molecule has 0 spiro atoms. The summed E-state index contributed by atoms with van der Waals surface area (Å²) < 4.78 is 15.9. The monoisotopic (exact) mass is 376 g/mol. The van der Waals surface area contributed by atoms with Crippen LogP contribution in [-0.4, -0.2) is 29.4 Å². The lowest BCUT2D eigenvalue weighted by atomic mass is 10.0. The minimum absolute atomic E-state index is 0.0915. The summed E-state index contributed by atoms with van der Waals surface area (Å²) >= 11 is 0. The summed E-state index contributed by atoms with van der Waals surface area (Å²) in [6.45, 7) is 5.32. The van der Waals surface area contributed by atoms with E-state index in [1.54, 1.807) is 6.08 Å². The second-order valence-electron chi connectivity index (χ2n) is 7.32. The van der Waals surface area contributed by atoms with Gasteiger partial charge in [-0.3, -0.25) is 4.57 Å². The van der Waals surface area contributed by atoms with Gasteiger partial charge in [0.25, 0.3) is 0 Å². The van der Waals surface area contributed by atoms with E-state index in [4.69, 9.17) is 9.42 Å². The molecule has 0 rings (SSSR count). The number of aliphatic hydroxyl groups excluding tert-OH is 1. The van der Waals surface area contributed by atoms with Crippen LogP contribution in [0.25, 0.3) is 0 Å². The van der Waals surface area contributed by atoms with Gasteiger partial charge < -0.3 is 14.5 Å². The van der Waals surface area contributed by atoms with Gasteiger partial charge in [-0.2, -0.15) is 0 Å². The fourth-order valence-corrected chi connectivity index (χ4v) is 3.22. The summed E-state index contributed by atoms with van der Waals surface area (Å²) in [4.78, 5) is 9.08. The molecular formula is C20H41O4P. The topological polar surface area (TPSA) is 66.8 Å². The lowest BCUT2D eigenvalue weighted by Gasteiger charge is -2.16. The Labute approximate surface area is 155 Å². The first-order chi connectivity index (χ1) is 11.9. The molecule has 2 N–H and O–H groups in total. The van der Waals surface area contributed by atoms with E-state index in [0.717, 1.165) is 19.5 Å². The van der Waals surface area contributed by atoms with E-state index in [2.05, 4.69) is 6.92 Å². The van der Waals surface area contributed by atoms with Gasteiger partial charge in [0.15, 0.2) is 0 Å². The zero-order valence-electron chi connectivity index (χ0n) is 16.7. The van der Waals surface area contributed by atoms with Gasteiger partial charge in [0.2, 0.25) is 0 Å². The predicted molar refractivity (Wildman–Crippen MR) is 107 cm³/mol. The van der Waals surface area contributed by atoms with Crippen LogP contribution in [0.15, 0.2) is 12.2 Å². The molecule has 0 bridgehead atoms. The fraction of sp³-hybridized carbons (Fsp3) is 0.900. The van der Waals surface area contributed by atoms with Crippen LogP contribution in [0.5, 0.6) is 0 Å². The van der Waals surface area contributed by atoms with Gasteiger partial charge >= 0.3 is 7.60 Å². The van der Waals surface area contributed by atoms with Crippen molar-refractivity contribution in [2.75, 3.05) is 13.3 Å². The third-order valence-corrected chi connectivity index (χ3v) is 5.10. The Balaban J connectivity index is 3.46. The van der Waals surface area contributed by atoms with Crippen molar-refractivity contribution >= 4 is 7.60 Å². The number of aliphatic hydroxyl groups is 1. The lowest BCUT2D eigenvalue weighted by Crippen LogP contribution is -2.19. The summed E-state index contributed by atoms with van der Waals surface area (Å²) in [5.74, 6) is -0.186. The standard InChI is InChI=1S/C20H41O4P/c1-4-5-6-7-8-9-10-11-12-13-14-15-16-17-20(21)19(2)18-24-25(3,22)23/h16-17,19-21H,4-15,18H2,1-3H3,(H,22,23)/b17-16+/t19-,20+/m1/s1. The SMILES string of the molecule is CCCCCCCCCCCCC/C=C/[C@H](O)[C@H](C)COP(C)(=O)O. The molecule has 0 aromatic carbocycles. The van der Waals surface area contributed by atoms with E-state index < -0.39 is 13.7 Å². The van der Waals surface area contributed by atoms with Crippen LogP contribution in [0.1, 0.15) is 90.9 Å². The zero-order chi connectivity index (χ0) is 19.0. The highest BCUT2D eigenvalue weighted by Gasteiger charge is 2.16. The molecule has 0 amide bonds. The van der Waals surface area contributed by atoms with Crippen molar-refractivity contribution in [1.29, 1.82) is 0 Å². The molecule has 1 unspecified atom stereocenters. The largest absolute Gasteiger partial charge is 0.389 e. The Kier molecular flexibility index (Phi) is 16.0. The Morgan fingerprint density at radius 1 is 0.960 bits per heavy atom. The number of unbranched alkanes of at least 4 members (excludes halogenated alkanes) is 11. The summed E-state index contributed by atoms with van der Waals surface area (Å²) in [6, 6.07) is 0. The highest BCUT2D eigenvalue weighted by atomic mass is 31.2. The summed E-state index contributed by atoms with van der Waals surface area (Å²) in [5, 5.41) is 9.95. The van der Waals surface area contributed by atoms with Crippen molar-refractivity contribution in [2.45, 2.75) is 97.0 Å². The Morgan fingerprint density at radius 2 is 1.44 bits per heavy atom. The fourth-order valence-electron chi connectivity index (χ4n) is 2.71. The molecule has 0 radical (unpaired) electrons. The maximum Gasteiger partial charge on any atom is 0.325 e. The quantitative estimate of drug-likeness (QED) is 0.184. The molecule has 0 aromatic rings. The summed E-state index contributed by atoms with van der Waals surface area (Å²) in [6.07, 6.45) is 18.8. The molecule has 150 valence electrons. The van der Waals surface area contributed by atoms with Gasteiger partial charge in [0.05, 0.1) is 12.7 Å². The first-order valence-electron chi connectivity index (χ1n) is 10.2. The molecule has 3 atom stereocenters. The third kappa shape index (κ3) is 18.4. The lowest BCUT2D eigenvalue weighted by molar-refractivity contribution is 0.115. The van der Waals surface area contributed by atoms with Crippen LogP contribution in [0.4, 0.5) is 0 Å². The summed E-state index contributed by atoms with van der Waals surface area (Å²) in [5.41, 5.74) is 0. The molecule has 5 heteroatoms. The molecule has 4 nitrogen and oxygen atoms in total. The number of hydrogen-bond acceptors (Lipinski definition) is 3. The van der Waals surface area contributed by atoms with E-state index in [1.807, 2.05) is 13.0 Å². The third-order valence-electron chi connectivity index (χ3n) is 4.47. The van der Waals surface area contributed by atoms with Gasteiger partial charge in [0.1, 0.15) is 0 Å². The van der Waals surface area contributed by atoms with Gasteiger partial charge in [-0.25, -0.2) is 0 Å². The average Bonchev–Trinajstić information content (AvgIpc) is 2.56. The smallest absolute Gasteiger partial charge is 0.325 e. The first-order valence-corrected chi connectivity index (χ1v) is 12.2. The van der Waals surface area contributed by atoms with Crippen LogP contribution in [0.3, 0.4) is 0 Å². The molecule has 0 aliphatic rings. The molecular weight excluding hydrogens is 335 g/mol. The molecule has 0 fully saturated rings. The van der Waals surface area contributed by atoms with Crippen molar-refractivity contribution in [3.8, 4) is 0 Å². The highest BCUT2D eigenvalue weighted by Crippen LogP contribution is 2.37. The highest BCUT2D eigenvalue weighted by molar-refractivity contribution is 7.51. The van der Waals surface area contributed by atoms with Crippen molar-refractivity contribution in [3.05, 3.63) is 12.2 Å². The Morgan fingerprint density at radius 3 is 1.92 bits per heavy atom. The second-order valence-corrected chi connectivity index (χ2v) is 9.18. The van der Waals surface area contributed by atoms with Crippen molar-refractivity contribution in [2.24, 2.45) is 5.92 Å². The van der Waals surface area contributed by atoms with E-state index in [9.17, 15) is 9.67 Å². The number of rotatable bonds is 17. The number of allylic oxidation sites excluding steroid dienone is 1. The van der Waals surface area contributed by atoms with E-state index in [1.165, 1.54) is 64.2 Å². The first kappa shape index (κ1) is 24.8. The molecule has 0 saturated carbocycles. The molecule has 0 aliphatic heterocycles. The van der Waals surface area contributed by atoms with E-state index >= 15 is 0 Å². The maximum absolute atomic E-state index is 11.1. The average molecular weight is 377 g/mol. The zero-order valence-corrected chi connectivity index (χ0v) is 17.6. The second kappa shape index (κ2) is 16.1. The molecule has 0 saturated heterocycles. The molecule has 25 heavy (non-hydrogen) atoms. The van der Waals surface area contributed by atoms with Gasteiger partial charge in [-0.15, -0.1) is 0 Å². The van der Waals surface area contributed by atoms with Gasteiger partial charge in [0, 0.05) is 12.6 Å². The molecule has 0 aliphatic carbocycles. The minimum Gasteiger partial charge on any atom is -0.389 e. The Bertz CT molecular complexity index is 365. The van der Waals surface area contributed by atoms with Crippen LogP contribution in [0.2, 0.25) is 0 Å². The maximum atomic E-state index is 11.1. The van der Waals surface area contributed by atoms with E-state index in [-0.39, 0.29) is 12.5 Å². The normalized spacial score (nSPS) is 16.8. The van der Waals surface area contributed by atoms with Crippen LogP contribution < -0.4 is 0 Å². The van der Waals surface area contributed by atoms with Crippen LogP contribution in [0, 0.1) is 5.92 Å². The summed E-state index contributed by atoms with van der Waals surface area (Å²) in [7, 11) is -3.45. The van der Waals surface area contributed by atoms with Gasteiger partial charge in [-0.1, -0.05) is 90.2 Å². The number of hydrogen-bond donors (Lipinski definition) is 2. The van der Waals surface area contributed by atoms with Crippen molar-refractivity contribution in [1.82, 2.24) is 0 Å².